The Kier molecular flexibility index (Phi) is 12.8. The van der Waals surface area contributed by atoms with Gasteiger partial charge in [0, 0.05) is 22.8 Å². The van der Waals surface area contributed by atoms with Crippen LogP contribution in [0.1, 0.15) is 25.7 Å². The molecule has 4 nitrogen and oxygen atoms in total. The van der Waals surface area contributed by atoms with E-state index in [9.17, 15) is 9.59 Å². The van der Waals surface area contributed by atoms with Crippen molar-refractivity contribution in [2.45, 2.75) is 25.7 Å². The van der Waals surface area contributed by atoms with Crippen LogP contribution in [-0.4, -0.2) is 35.8 Å². The maximum Gasteiger partial charge on any atom is 0.331 e. The molecule has 0 aromatic rings. The molecule has 0 unspecified atom stereocenters. The molecule has 104 valence electrons. The van der Waals surface area contributed by atoms with Gasteiger partial charge in [-0.1, -0.05) is 31.9 Å². The molecule has 0 bridgehead atoms. The van der Waals surface area contributed by atoms with Gasteiger partial charge in [0.2, 0.25) is 0 Å². The minimum atomic E-state index is -0.512. The first kappa shape index (κ1) is 17.6. The van der Waals surface area contributed by atoms with E-state index >= 15 is 0 Å². The lowest BCUT2D eigenvalue weighted by Crippen LogP contribution is -2.06. The molecular formula is C12H18Br2O4. The smallest absolute Gasteiger partial charge is 0.331 e. The minimum absolute atomic E-state index is 0.370. The Hall–Kier alpha value is -0.360. The van der Waals surface area contributed by atoms with Crippen LogP contribution in [0.4, 0.5) is 0 Å². The van der Waals surface area contributed by atoms with Crippen molar-refractivity contribution in [3.05, 3.63) is 12.2 Å². The molecule has 0 saturated carbocycles. The lowest BCUT2D eigenvalue weighted by atomic mass is 10.3. The van der Waals surface area contributed by atoms with Crippen molar-refractivity contribution in [2.75, 3.05) is 23.9 Å². The number of rotatable bonds is 10. The van der Waals surface area contributed by atoms with E-state index in [0.717, 1.165) is 48.5 Å². The normalized spacial score (nSPS) is 10.6. The molecule has 18 heavy (non-hydrogen) atoms. The predicted octanol–water partition coefficient (Wildman–Crippen LogP) is 2.98. The monoisotopic (exact) mass is 384 g/mol. The van der Waals surface area contributed by atoms with Crippen LogP contribution in [0.25, 0.3) is 0 Å². The molecule has 0 rings (SSSR count). The summed E-state index contributed by atoms with van der Waals surface area (Å²) in [6.45, 7) is 0.740. The predicted molar refractivity (Wildman–Crippen MR) is 77.1 cm³/mol. The molecule has 6 heteroatoms. The SMILES string of the molecule is O=C(C=CC(=O)OCCCCBr)OCCCCBr. The fraction of sp³-hybridized carbons (Fsp3) is 0.667. The Morgan fingerprint density at radius 1 is 0.778 bits per heavy atom. The highest BCUT2D eigenvalue weighted by Crippen LogP contribution is 1.96. The van der Waals surface area contributed by atoms with Crippen molar-refractivity contribution in [1.82, 2.24) is 0 Å². The van der Waals surface area contributed by atoms with Crippen LogP contribution in [0.2, 0.25) is 0 Å². The van der Waals surface area contributed by atoms with Crippen LogP contribution in [-0.2, 0) is 19.1 Å². The molecule has 0 fully saturated rings. The first-order valence-electron chi connectivity index (χ1n) is 5.84. The highest BCUT2D eigenvalue weighted by Gasteiger charge is 2.00. The molecule has 0 radical (unpaired) electrons. The summed E-state index contributed by atoms with van der Waals surface area (Å²) in [7, 11) is 0. The van der Waals surface area contributed by atoms with E-state index in [1.54, 1.807) is 0 Å². The van der Waals surface area contributed by atoms with Crippen molar-refractivity contribution in [2.24, 2.45) is 0 Å². The Morgan fingerprint density at radius 3 is 1.50 bits per heavy atom. The lowest BCUT2D eigenvalue weighted by molar-refractivity contribution is -0.140. The third-order valence-electron chi connectivity index (χ3n) is 1.90. The van der Waals surface area contributed by atoms with E-state index in [-0.39, 0.29) is 0 Å². The standard InChI is InChI=1S/C12H18Br2O4/c13-7-1-3-9-17-11(15)5-6-12(16)18-10-4-2-8-14/h5-6H,1-4,7-10H2. The zero-order valence-electron chi connectivity index (χ0n) is 10.2. The quantitative estimate of drug-likeness (QED) is 0.251. The number of alkyl halides is 2. The minimum Gasteiger partial charge on any atom is -0.463 e. The first-order valence-corrected chi connectivity index (χ1v) is 8.08. The molecule has 0 aromatic carbocycles. The van der Waals surface area contributed by atoms with E-state index in [1.807, 2.05) is 0 Å². The second kappa shape index (κ2) is 13.1. The Bertz CT molecular complexity index is 241. The molecule has 0 heterocycles. The molecule has 0 aliphatic rings. The zero-order valence-corrected chi connectivity index (χ0v) is 13.4. The molecule has 0 saturated heterocycles. The number of ether oxygens (including phenoxy) is 2. The third kappa shape index (κ3) is 12.1. The lowest BCUT2D eigenvalue weighted by Gasteiger charge is -2.01. The van der Waals surface area contributed by atoms with Gasteiger partial charge in [-0.05, 0) is 25.7 Å². The Morgan fingerprint density at radius 2 is 1.17 bits per heavy atom. The van der Waals surface area contributed by atoms with E-state index in [0.29, 0.717) is 13.2 Å². The fourth-order valence-electron chi connectivity index (χ4n) is 0.971. The van der Waals surface area contributed by atoms with Crippen LogP contribution < -0.4 is 0 Å². The Balaban J connectivity index is 3.58. The van der Waals surface area contributed by atoms with Crippen LogP contribution in [0, 0.1) is 0 Å². The van der Waals surface area contributed by atoms with Gasteiger partial charge in [-0.3, -0.25) is 0 Å². The number of hydrogen-bond acceptors (Lipinski definition) is 4. The van der Waals surface area contributed by atoms with Crippen molar-refractivity contribution in [3.8, 4) is 0 Å². The third-order valence-corrected chi connectivity index (χ3v) is 3.02. The number of carbonyl (C=O) groups is 2. The number of hydrogen-bond donors (Lipinski definition) is 0. The Labute approximate surface area is 124 Å². The number of carbonyl (C=O) groups excluding carboxylic acids is 2. The van der Waals surface area contributed by atoms with Crippen LogP contribution >= 0.6 is 31.9 Å². The van der Waals surface area contributed by atoms with Gasteiger partial charge in [0.15, 0.2) is 0 Å². The summed E-state index contributed by atoms with van der Waals surface area (Å²) >= 11 is 6.57. The molecule has 0 N–H and O–H groups in total. The molecule has 0 spiro atoms. The van der Waals surface area contributed by atoms with Crippen molar-refractivity contribution in [3.63, 3.8) is 0 Å². The van der Waals surface area contributed by atoms with Gasteiger partial charge in [-0.25, -0.2) is 9.59 Å². The van der Waals surface area contributed by atoms with E-state index < -0.39 is 11.9 Å². The van der Waals surface area contributed by atoms with Gasteiger partial charge in [-0.15, -0.1) is 0 Å². The number of esters is 2. The second-order valence-electron chi connectivity index (χ2n) is 3.46. The number of unbranched alkanes of at least 4 members (excludes halogenated alkanes) is 2. The summed E-state index contributed by atoms with van der Waals surface area (Å²) in [4.78, 5) is 22.3. The molecule has 0 aliphatic heterocycles. The van der Waals surface area contributed by atoms with Gasteiger partial charge in [0.05, 0.1) is 13.2 Å². The largest absolute Gasteiger partial charge is 0.463 e. The summed E-state index contributed by atoms with van der Waals surface area (Å²) in [5.41, 5.74) is 0. The van der Waals surface area contributed by atoms with Gasteiger partial charge in [0.1, 0.15) is 0 Å². The zero-order chi connectivity index (χ0) is 13.6. The van der Waals surface area contributed by atoms with Crippen LogP contribution in [0.3, 0.4) is 0 Å². The number of halogens is 2. The average Bonchev–Trinajstić information content (AvgIpc) is 2.37. The summed E-state index contributed by atoms with van der Waals surface area (Å²) in [5, 5.41) is 1.78. The molecule has 0 amide bonds. The summed E-state index contributed by atoms with van der Waals surface area (Å²) < 4.78 is 9.75. The van der Waals surface area contributed by atoms with Gasteiger partial charge < -0.3 is 9.47 Å². The molecular weight excluding hydrogens is 368 g/mol. The topological polar surface area (TPSA) is 52.6 Å². The van der Waals surface area contributed by atoms with E-state index in [2.05, 4.69) is 31.9 Å². The highest BCUT2D eigenvalue weighted by atomic mass is 79.9. The van der Waals surface area contributed by atoms with E-state index in [4.69, 9.17) is 9.47 Å². The van der Waals surface area contributed by atoms with Crippen molar-refractivity contribution >= 4 is 43.8 Å². The van der Waals surface area contributed by atoms with Crippen molar-refractivity contribution in [1.29, 1.82) is 0 Å². The summed E-state index contributed by atoms with van der Waals surface area (Å²) in [6, 6.07) is 0. The fourth-order valence-corrected chi connectivity index (χ4v) is 1.76. The van der Waals surface area contributed by atoms with Gasteiger partial charge in [-0.2, -0.15) is 0 Å². The van der Waals surface area contributed by atoms with Gasteiger partial charge in [0.25, 0.3) is 0 Å². The first-order chi connectivity index (χ1) is 8.70. The maximum absolute atomic E-state index is 11.2. The molecule has 0 aliphatic carbocycles. The maximum atomic E-state index is 11.2. The highest BCUT2D eigenvalue weighted by molar-refractivity contribution is 9.09. The van der Waals surface area contributed by atoms with Gasteiger partial charge >= 0.3 is 11.9 Å². The summed E-state index contributed by atoms with van der Waals surface area (Å²) in [6.07, 6.45) is 5.71. The van der Waals surface area contributed by atoms with Crippen molar-refractivity contribution < 1.29 is 19.1 Å². The average molecular weight is 386 g/mol. The summed E-state index contributed by atoms with van der Waals surface area (Å²) in [5.74, 6) is -1.02. The molecule has 0 aromatic heterocycles. The van der Waals surface area contributed by atoms with Crippen LogP contribution in [0.15, 0.2) is 12.2 Å². The van der Waals surface area contributed by atoms with E-state index in [1.165, 1.54) is 0 Å². The van der Waals surface area contributed by atoms with Crippen LogP contribution in [0.5, 0.6) is 0 Å². The molecule has 0 atom stereocenters. The second-order valence-corrected chi connectivity index (χ2v) is 5.05.